The SMILES string of the molecule is CN1C(=O)CCc2cc(C(=O)N3C[C@@H]4CCC[C@@]4(C(=O)O)C3)ccc21. The quantitative estimate of drug-likeness (QED) is 0.891. The van der Waals surface area contributed by atoms with Crippen molar-refractivity contribution in [3.05, 3.63) is 29.3 Å². The van der Waals surface area contributed by atoms with E-state index < -0.39 is 11.4 Å². The first kappa shape index (κ1) is 16.1. The van der Waals surface area contributed by atoms with E-state index in [1.165, 1.54) is 0 Å². The van der Waals surface area contributed by atoms with Crippen LogP contribution in [-0.2, 0) is 16.0 Å². The maximum atomic E-state index is 12.9. The Morgan fingerprint density at radius 2 is 2.08 bits per heavy atom. The average Bonchev–Trinajstić information content (AvgIpc) is 3.15. The molecule has 2 aliphatic heterocycles. The van der Waals surface area contributed by atoms with Crippen LogP contribution < -0.4 is 4.90 Å². The van der Waals surface area contributed by atoms with E-state index in [0.717, 1.165) is 24.1 Å². The highest BCUT2D eigenvalue weighted by atomic mass is 16.4. The van der Waals surface area contributed by atoms with Crippen LogP contribution in [0, 0.1) is 11.3 Å². The second kappa shape index (κ2) is 5.58. The van der Waals surface area contributed by atoms with Gasteiger partial charge in [0.25, 0.3) is 5.91 Å². The van der Waals surface area contributed by atoms with E-state index in [2.05, 4.69) is 0 Å². The number of hydrogen-bond acceptors (Lipinski definition) is 3. The minimum Gasteiger partial charge on any atom is -0.481 e. The molecule has 25 heavy (non-hydrogen) atoms. The van der Waals surface area contributed by atoms with Crippen LogP contribution in [0.1, 0.15) is 41.6 Å². The van der Waals surface area contributed by atoms with Gasteiger partial charge in [0.05, 0.1) is 5.41 Å². The number of anilines is 1. The van der Waals surface area contributed by atoms with Crippen molar-refractivity contribution in [2.75, 3.05) is 25.0 Å². The van der Waals surface area contributed by atoms with Crippen molar-refractivity contribution in [2.45, 2.75) is 32.1 Å². The molecule has 1 aromatic carbocycles. The molecule has 6 heteroatoms. The number of carboxylic acid groups (broad SMARTS) is 1. The van der Waals surface area contributed by atoms with Gasteiger partial charge in [-0.15, -0.1) is 0 Å². The fraction of sp³-hybridized carbons (Fsp3) is 0.526. The summed E-state index contributed by atoms with van der Waals surface area (Å²) in [7, 11) is 1.75. The number of aliphatic carboxylic acids is 1. The summed E-state index contributed by atoms with van der Waals surface area (Å²) in [5.74, 6) is -0.717. The summed E-state index contributed by atoms with van der Waals surface area (Å²) in [6.45, 7) is 0.835. The lowest BCUT2D eigenvalue weighted by Gasteiger charge is -2.27. The lowest BCUT2D eigenvalue weighted by atomic mass is 9.81. The van der Waals surface area contributed by atoms with Crippen LogP contribution in [0.5, 0.6) is 0 Å². The van der Waals surface area contributed by atoms with Gasteiger partial charge in [0, 0.05) is 37.8 Å². The number of likely N-dealkylation sites (tertiary alicyclic amines) is 1. The van der Waals surface area contributed by atoms with Crippen LogP contribution in [0.15, 0.2) is 18.2 Å². The predicted octanol–water partition coefficient (Wildman–Crippen LogP) is 1.92. The molecule has 6 nitrogen and oxygen atoms in total. The zero-order valence-electron chi connectivity index (χ0n) is 14.3. The smallest absolute Gasteiger partial charge is 0.311 e. The van der Waals surface area contributed by atoms with Crippen LogP contribution in [0.4, 0.5) is 5.69 Å². The topological polar surface area (TPSA) is 77.9 Å². The molecular formula is C19H22N2O4. The number of carbonyl (C=O) groups is 3. The first-order valence-corrected chi connectivity index (χ1v) is 8.84. The second-order valence-electron chi connectivity index (χ2n) is 7.53. The lowest BCUT2D eigenvalue weighted by Crippen LogP contribution is -2.37. The highest BCUT2D eigenvalue weighted by molar-refractivity contribution is 5.99. The molecule has 1 saturated heterocycles. The van der Waals surface area contributed by atoms with Gasteiger partial charge in [-0.1, -0.05) is 6.42 Å². The van der Waals surface area contributed by atoms with E-state index in [9.17, 15) is 19.5 Å². The molecule has 2 atom stereocenters. The monoisotopic (exact) mass is 342 g/mol. The maximum absolute atomic E-state index is 12.9. The molecule has 1 aliphatic carbocycles. The molecule has 2 fully saturated rings. The summed E-state index contributed by atoms with van der Waals surface area (Å²) in [6.07, 6.45) is 3.57. The van der Waals surface area contributed by atoms with Gasteiger partial charge in [0.1, 0.15) is 0 Å². The Bertz CT molecular complexity index is 775. The zero-order valence-corrected chi connectivity index (χ0v) is 14.3. The third kappa shape index (κ3) is 2.34. The Kier molecular flexibility index (Phi) is 3.60. The van der Waals surface area contributed by atoms with Crippen molar-refractivity contribution in [1.82, 2.24) is 4.90 Å². The summed E-state index contributed by atoms with van der Waals surface area (Å²) in [5.41, 5.74) is 1.69. The molecule has 0 bridgehead atoms. The highest BCUT2D eigenvalue weighted by Crippen LogP contribution is 2.49. The fourth-order valence-electron chi connectivity index (χ4n) is 4.77. The largest absolute Gasteiger partial charge is 0.481 e. The number of aryl methyl sites for hydroxylation is 1. The first-order valence-electron chi connectivity index (χ1n) is 8.84. The molecule has 2 heterocycles. The zero-order chi connectivity index (χ0) is 17.8. The van der Waals surface area contributed by atoms with Crippen molar-refractivity contribution in [3.8, 4) is 0 Å². The highest BCUT2D eigenvalue weighted by Gasteiger charge is 2.55. The minimum atomic E-state index is -0.768. The molecule has 0 radical (unpaired) electrons. The first-order chi connectivity index (χ1) is 11.9. The van der Waals surface area contributed by atoms with Gasteiger partial charge in [0.2, 0.25) is 5.91 Å². The number of amides is 2. The van der Waals surface area contributed by atoms with Crippen molar-refractivity contribution in [3.63, 3.8) is 0 Å². The molecule has 4 rings (SSSR count). The number of carboxylic acids is 1. The van der Waals surface area contributed by atoms with E-state index in [1.54, 1.807) is 22.9 Å². The van der Waals surface area contributed by atoms with E-state index in [-0.39, 0.29) is 17.7 Å². The van der Waals surface area contributed by atoms with Crippen molar-refractivity contribution < 1.29 is 19.5 Å². The lowest BCUT2D eigenvalue weighted by molar-refractivity contribution is -0.149. The number of nitrogens with zero attached hydrogens (tertiary/aromatic N) is 2. The molecule has 1 saturated carbocycles. The van der Waals surface area contributed by atoms with E-state index in [4.69, 9.17) is 0 Å². The standard InChI is InChI=1S/C19H22N2O4/c1-20-15-6-4-13(9-12(15)5-7-16(20)22)17(23)21-10-14-3-2-8-19(14,11-21)18(24)25/h4,6,9,14H,2-3,5,7-8,10-11H2,1H3,(H,24,25)/t14-,19+/m0/s1. The van der Waals surface area contributed by atoms with Gasteiger partial charge in [-0.3, -0.25) is 14.4 Å². The van der Waals surface area contributed by atoms with E-state index >= 15 is 0 Å². The molecule has 0 spiro atoms. The third-order valence-corrected chi connectivity index (χ3v) is 6.25. The van der Waals surface area contributed by atoms with Crippen molar-refractivity contribution in [2.24, 2.45) is 11.3 Å². The number of rotatable bonds is 2. The molecule has 1 N–H and O–H groups in total. The summed E-state index contributed by atoms with van der Waals surface area (Å²) in [5, 5.41) is 9.68. The van der Waals surface area contributed by atoms with Crippen molar-refractivity contribution >= 4 is 23.5 Å². The van der Waals surface area contributed by atoms with Crippen LogP contribution in [-0.4, -0.2) is 47.9 Å². The van der Waals surface area contributed by atoms with Crippen LogP contribution >= 0.6 is 0 Å². The Morgan fingerprint density at radius 1 is 1.28 bits per heavy atom. The molecule has 0 aromatic heterocycles. The number of fused-ring (bicyclic) bond motifs is 2. The van der Waals surface area contributed by atoms with Gasteiger partial charge in [-0.2, -0.15) is 0 Å². The van der Waals surface area contributed by atoms with Gasteiger partial charge in [-0.25, -0.2) is 0 Å². The van der Waals surface area contributed by atoms with Gasteiger partial charge in [0.15, 0.2) is 0 Å². The molecule has 3 aliphatic rings. The van der Waals surface area contributed by atoms with Crippen molar-refractivity contribution in [1.29, 1.82) is 0 Å². The number of carbonyl (C=O) groups excluding carboxylic acids is 2. The summed E-state index contributed by atoms with van der Waals surface area (Å²) < 4.78 is 0. The Morgan fingerprint density at radius 3 is 2.80 bits per heavy atom. The Labute approximate surface area is 146 Å². The predicted molar refractivity (Wildman–Crippen MR) is 91.5 cm³/mol. The molecule has 2 amide bonds. The van der Waals surface area contributed by atoms with E-state index in [1.807, 2.05) is 12.1 Å². The molecule has 132 valence electrons. The van der Waals surface area contributed by atoms with Gasteiger partial charge >= 0.3 is 5.97 Å². The van der Waals surface area contributed by atoms with Gasteiger partial charge < -0.3 is 14.9 Å². The van der Waals surface area contributed by atoms with E-state index in [0.29, 0.717) is 37.9 Å². The summed E-state index contributed by atoms with van der Waals surface area (Å²) in [4.78, 5) is 39.8. The Balaban J connectivity index is 1.59. The maximum Gasteiger partial charge on any atom is 0.311 e. The molecular weight excluding hydrogens is 320 g/mol. The van der Waals surface area contributed by atoms with Crippen LogP contribution in [0.3, 0.4) is 0 Å². The molecule has 0 unspecified atom stereocenters. The van der Waals surface area contributed by atoms with Crippen LogP contribution in [0.2, 0.25) is 0 Å². The fourth-order valence-corrected chi connectivity index (χ4v) is 4.77. The molecule has 1 aromatic rings. The third-order valence-electron chi connectivity index (χ3n) is 6.25. The number of benzene rings is 1. The second-order valence-corrected chi connectivity index (χ2v) is 7.53. The summed E-state index contributed by atoms with van der Waals surface area (Å²) in [6, 6.07) is 5.43. The normalized spacial score (nSPS) is 28.0. The summed E-state index contributed by atoms with van der Waals surface area (Å²) >= 11 is 0. The van der Waals surface area contributed by atoms with Crippen LogP contribution in [0.25, 0.3) is 0 Å². The average molecular weight is 342 g/mol. The minimum absolute atomic E-state index is 0.0651. The number of hydrogen-bond donors (Lipinski definition) is 1. The Hall–Kier alpha value is -2.37. The van der Waals surface area contributed by atoms with Gasteiger partial charge in [-0.05, 0) is 48.9 Å².